The number of phenols is 1. The van der Waals surface area contributed by atoms with Crippen molar-refractivity contribution in [2.45, 2.75) is 6.54 Å². The lowest BCUT2D eigenvalue weighted by molar-refractivity contribution is 0.470. The monoisotopic (exact) mass is 149 g/mol. The Balaban J connectivity index is 2.48. The van der Waals surface area contributed by atoms with E-state index in [2.05, 4.69) is 4.99 Å². The minimum absolute atomic E-state index is 0.254. The Kier molecular flexibility index (Phi) is 1.28. The zero-order valence-electron chi connectivity index (χ0n) is 5.82. The molecule has 56 valence electrons. The predicted octanol–water partition coefficient (Wildman–Crippen LogP) is 1.31. The van der Waals surface area contributed by atoms with Gasteiger partial charge in [-0.05, 0) is 18.2 Å². The highest BCUT2D eigenvalue weighted by Crippen LogP contribution is 2.25. The molecule has 1 aliphatic rings. The van der Waals surface area contributed by atoms with Crippen LogP contribution in [0.25, 0.3) is 0 Å². The van der Waals surface area contributed by atoms with Crippen molar-refractivity contribution >= 4 is 6.40 Å². The highest BCUT2D eigenvalue weighted by molar-refractivity contribution is 5.57. The van der Waals surface area contributed by atoms with E-state index in [1.165, 1.54) is 6.40 Å². The van der Waals surface area contributed by atoms with E-state index >= 15 is 0 Å². The van der Waals surface area contributed by atoms with Crippen LogP contribution in [0.5, 0.6) is 11.5 Å². The first-order valence-electron chi connectivity index (χ1n) is 3.33. The van der Waals surface area contributed by atoms with Crippen molar-refractivity contribution in [3.05, 3.63) is 23.8 Å². The topological polar surface area (TPSA) is 41.8 Å². The van der Waals surface area contributed by atoms with Crippen molar-refractivity contribution in [1.29, 1.82) is 0 Å². The van der Waals surface area contributed by atoms with E-state index in [1.54, 1.807) is 18.2 Å². The number of hydrogen-bond donors (Lipinski definition) is 1. The summed E-state index contributed by atoms with van der Waals surface area (Å²) in [4.78, 5) is 3.90. The largest absolute Gasteiger partial charge is 0.508 e. The van der Waals surface area contributed by atoms with Gasteiger partial charge < -0.3 is 9.84 Å². The van der Waals surface area contributed by atoms with Gasteiger partial charge in [-0.2, -0.15) is 0 Å². The molecule has 0 atom stereocenters. The van der Waals surface area contributed by atoms with Crippen LogP contribution in [0.2, 0.25) is 0 Å². The van der Waals surface area contributed by atoms with Crippen LogP contribution < -0.4 is 4.74 Å². The summed E-state index contributed by atoms with van der Waals surface area (Å²) in [5, 5.41) is 9.08. The van der Waals surface area contributed by atoms with Crippen LogP contribution in [0.15, 0.2) is 23.2 Å². The average Bonchev–Trinajstić information content (AvgIpc) is 2.04. The molecule has 3 heteroatoms. The van der Waals surface area contributed by atoms with Gasteiger partial charge in [0.1, 0.15) is 11.5 Å². The molecule has 0 bridgehead atoms. The smallest absolute Gasteiger partial charge is 0.176 e. The predicted molar refractivity (Wildman–Crippen MR) is 40.9 cm³/mol. The molecule has 0 saturated heterocycles. The Morgan fingerprint density at radius 1 is 1.45 bits per heavy atom. The van der Waals surface area contributed by atoms with E-state index in [9.17, 15) is 0 Å². The second-order valence-electron chi connectivity index (χ2n) is 2.36. The first-order chi connectivity index (χ1) is 5.36. The van der Waals surface area contributed by atoms with Gasteiger partial charge in [-0.15, -0.1) is 0 Å². The Hall–Kier alpha value is -1.51. The minimum Gasteiger partial charge on any atom is -0.508 e. The normalized spacial score (nSPS) is 13.8. The maximum atomic E-state index is 9.08. The number of nitrogens with zero attached hydrogens (tertiary/aromatic N) is 1. The molecule has 0 saturated carbocycles. The molecule has 1 heterocycles. The molecule has 1 N–H and O–H groups in total. The molecule has 0 radical (unpaired) electrons. The third-order valence-corrected chi connectivity index (χ3v) is 1.56. The van der Waals surface area contributed by atoms with Crippen molar-refractivity contribution in [3.63, 3.8) is 0 Å². The first kappa shape index (κ1) is 6.22. The Bertz CT molecular complexity index is 307. The van der Waals surface area contributed by atoms with Crippen molar-refractivity contribution in [3.8, 4) is 11.5 Å². The van der Waals surface area contributed by atoms with Crippen molar-refractivity contribution in [2.24, 2.45) is 4.99 Å². The summed E-state index contributed by atoms with van der Waals surface area (Å²) in [5.41, 5.74) is 0.924. The minimum atomic E-state index is 0.254. The number of ether oxygens (including phenoxy) is 1. The molecule has 0 amide bonds. The van der Waals surface area contributed by atoms with Crippen molar-refractivity contribution in [2.75, 3.05) is 0 Å². The second kappa shape index (κ2) is 2.27. The molecule has 1 aromatic rings. The van der Waals surface area contributed by atoms with Crippen LogP contribution in [-0.4, -0.2) is 11.5 Å². The molecule has 0 unspecified atom stereocenters. The van der Waals surface area contributed by atoms with Gasteiger partial charge in [-0.25, -0.2) is 0 Å². The molecule has 3 nitrogen and oxygen atoms in total. The van der Waals surface area contributed by atoms with E-state index in [4.69, 9.17) is 9.84 Å². The summed E-state index contributed by atoms with van der Waals surface area (Å²) in [6.07, 6.45) is 1.42. The van der Waals surface area contributed by atoms with Crippen LogP contribution in [0.1, 0.15) is 5.56 Å². The fourth-order valence-electron chi connectivity index (χ4n) is 1.03. The van der Waals surface area contributed by atoms with Crippen molar-refractivity contribution < 1.29 is 9.84 Å². The summed E-state index contributed by atoms with van der Waals surface area (Å²) in [6, 6.07) is 4.99. The van der Waals surface area contributed by atoms with E-state index in [1.807, 2.05) is 0 Å². The average molecular weight is 149 g/mol. The molecular weight excluding hydrogens is 142 g/mol. The van der Waals surface area contributed by atoms with Crippen LogP contribution in [0, 0.1) is 0 Å². The standard InChI is InChI=1S/C8H7NO2/c10-7-1-2-8-6(3-7)4-9-5-11-8/h1-3,5,10H,4H2. The summed E-state index contributed by atoms with van der Waals surface area (Å²) < 4.78 is 5.08. The molecule has 0 spiro atoms. The van der Waals surface area contributed by atoms with Crippen LogP contribution >= 0.6 is 0 Å². The lowest BCUT2D eigenvalue weighted by atomic mass is 10.2. The number of phenolic OH excluding ortho intramolecular Hbond substituents is 1. The molecule has 2 rings (SSSR count). The molecule has 0 aliphatic carbocycles. The van der Waals surface area contributed by atoms with E-state index < -0.39 is 0 Å². The third-order valence-electron chi connectivity index (χ3n) is 1.56. The van der Waals surface area contributed by atoms with E-state index in [-0.39, 0.29) is 5.75 Å². The van der Waals surface area contributed by atoms with E-state index in [0.717, 1.165) is 11.3 Å². The lowest BCUT2D eigenvalue weighted by Crippen LogP contribution is -2.00. The Morgan fingerprint density at radius 2 is 2.36 bits per heavy atom. The van der Waals surface area contributed by atoms with Gasteiger partial charge in [0.15, 0.2) is 6.40 Å². The van der Waals surface area contributed by atoms with Gasteiger partial charge in [0.05, 0.1) is 6.54 Å². The summed E-state index contributed by atoms with van der Waals surface area (Å²) >= 11 is 0. The van der Waals surface area contributed by atoms with Crippen LogP contribution in [0.4, 0.5) is 0 Å². The fraction of sp³-hybridized carbons (Fsp3) is 0.125. The zero-order valence-corrected chi connectivity index (χ0v) is 5.82. The Labute approximate surface area is 64.0 Å². The fourth-order valence-corrected chi connectivity index (χ4v) is 1.03. The van der Waals surface area contributed by atoms with Gasteiger partial charge in [0.25, 0.3) is 0 Å². The quantitative estimate of drug-likeness (QED) is 0.604. The van der Waals surface area contributed by atoms with Gasteiger partial charge in [0.2, 0.25) is 0 Å². The molecule has 1 aliphatic heterocycles. The maximum Gasteiger partial charge on any atom is 0.176 e. The SMILES string of the molecule is Oc1ccc2c(c1)CN=CO2. The van der Waals surface area contributed by atoms with Crippen LogP contribution in [-0.2, 0) is 6.54 Å². The number of rotatable bonds is 0. The maximum absolute atomic E-state index is 9.08. The highest BCUT2D eigenvalue weighted by atomic mass is 16.5. The Morgan fingerprint density at radius 3 is 3.27 bits per heavy atom. The number of benzene rings is 1. The highest BCUT2D eigenvalue weighted by Gasteiger charge is 2.06. The molecule has 1 aromatic carbocycles. The molecule has 0 aromatic heterocycles. The van der Waals surface area contributed by atoms with Crippen LogP contribution in [0.3, 0.4) is 0 Å². The number of aromatic hydroxyl groups is 1. The zero-order chi connectivity index (χ0) is 7.68. The molecule has 11 heavy (non-hydrogen) atoms. The lowest BCUT2D eigenvalue weighted by Gasteiger charge is -2.10. The van der Waals surface area contributed by atoms with Gasteiger partial charge in [-0.1, -0.05) is 0 Å². The molecule has 0 fully saturated rings. The number of aliphatic imine (C=N–C) groups is 1. The van der Waals surface area contributed by atoms with Gasteiger partial charge >= 0.3 is 0 Å². The van der Waals surface area contributed by atoms with Crippen molar-refractivity contribution in [1.82, 2.24) is 0 Å². The first-order valence-corrected chi connectivity index (χ1v) is 3.33. The number of hydrogen-bond acceptors (Lipinski definition) is 3. The number of fused-ring (bicyclic) bond motifs is 1. The van der Waals surface area contributed by atoms with Gasteiger partial charge in [0, 0.05) is 5.56 Å². The second-order valence-corrected chi connectivity index (χ2v) is 2.36. The third kappa shape index (κ3) is 1.05. The summed E-state index contributed by atoms with van der Waals surface area (Å²) in [7, 11) is 0. The van der Waals surface area contributed by atoms with E-state index in [0.29, 0.717) is 6.54 Å². The summed E-state index contributed by atoms with van der Waals surface area (Å²) in [6.45, 7) is 0.587. The molecular formula is C8H7NO2. The summed E-state index contributed by atoms with van der Waals surface area (Å²) in [5.74, 6) is 1.03. The van der Waals surface area contributed by atoms with Gasteiger partial charge in [-0.3, -0.25) is 4.99 Å².